The maximum atomic E-state index is 13.5. The van der Waals surface area contributed by atoms with Gasteiger partial charge in [-0.05, 0) is 62.7 Å². The predicted octanol–water partition coefficient (Wildman–Crippen LogP) is 5.62. The molecule has 0 spiro atoms. The molecule has 0 atom stereocenters. The number of carbonyl (C=O) groups is 1. The van der Waals surface area contributed by atoms with Crippen LogP contribution in [0.15, 0.2) is 53.3 Å². The SMILES string of the molecule is C=C(F)C(=O)N1CCN(c2nc(OCC34CCCN3CCC4)nc3c2CCN(c2cccc4cccc(Br)c24)C3)CC1.CC#N. The third-order valence-corrected chi connectivity index (χ3v) is 10.2. The van der Waals surface area contributed by atoms with Crippen molar-refractivity contribution in [1.82, 2.24) is 19.8 Å². The molecule has 5 heterocycles. The lowest BCUT2D eigenvalue weighted by atomic mass is 9.95. The van der Waals surface area contributed by atoms with Gasteiger partial charge in [0.2, 0.25) is 0 Å². The van der Waals surface area contributed by atoms with E-state index < -0.39 is 11.7 Å². The van der Waals surface area contributed by atoms with Crippen molar-refractivity contribution < 1.29 is 13.9 Å². The average Bonchev–Trinajstić information content (AvgIpc) is 3.64. The minimum Gasteiger partial charge on any atom is -0.461 e. The fourth-order valence-electron chi connectivity index (χ4n) is 7.41. The molecule has 3 aromatic rings. The zero-order chi connectivity index (χ0) is 31.6. The van der Waals surface area contributed by atoms with Gasteiger partial charge in [0, 0.05) is 60.8 Å². The summed E-state index contributed by atoms with van der Waals surface area (Å²) in [6, 6.07) is 14.9. The first-order valence-electron chi connectivity index (χ1n) is 15.7. The lowest BCUT2D eigenvalue weighted by molar-refractivity contribution is -0.128. The number of anilines is 2. The highest BCUT2D eigenvalue weighted by atomic mass is 79.9. The zero-order valence-corrected chi connectivity index (χ0v) is 27.4. The maximum Gasteiger partial charge on any atom is 0.318 e. The lowest BCUT2D eigenvalue weighted by Gasteiger charge is -2.38. The van der Waals surface area contributed by atoms with Gasteiger partial charge in [-0.3, -0.25) is 9.69 Å². The Bertz CT molecular complexity index is 1620. The van der Waals surface area contributed by atoms with Crippen molar-refractivity contribution in [2.24, 2.45) is 0 Å². The molecule has 9 nitrogen and oxygen atoms in total. The Morgan fingerprint density at radius 1 is 1.04 bits per heavy atom. The summed E-state index contributed by atoms with van der Waals surface area (Å²) in [6.07, 6.45) is 5.53. The summed E-state index contributed by atoms with van der Waals surface area (Å²) in [5.74, 6) is -0.657. The quantitative estimate of drug-likeness (QED) is 0.311. The summed E-state index contributed by atoms with van der Waals surface area (Å²) in [4.78, 5) is 30.9. The minimum absolute atomic E-state index is 0.0987. The summed E-state index contributed by atoms with van der Waals surface area (Å²) < 4.78 is 21.1. The van der Waals surface area contributed by atoms with Crippen LogP contribution in [0.2, 0.25) is 0 Å². The number of nitriles is 1. The number of nitrogens with zero attached hydrogens (tertiary/aromatic N) is 7. The number of piperazine rings is 1. The Kier molecular flexibility index (Phi) is 9.24. The van der Waals surface area contributed by atoms with E-state index in [1.165, 1.54) is 41.1 Å². The van der Waals surface area contributed by atoms with Gasteiger partial charge < -0.3 is 19.4 Å². The van der Waals surface area contributed by atoms with Crippen LogP contribution in [0.25, 0.3) is 10.8 Å². The van der Waals surface area contributed by atoms with Crippen molar-refractivity contribution in [3.8, 4) is 12.1 Å². The van der Waals surface area contributed by atoms with Gasteiger partial charge in [-0.15, -0.1) is 0 Å². The number of carbonyl (C=O) groups excluding carboxylic acids is 1. The van der Waals surface area contributed by atoms with Gasteiger partial charge in [0.15, 0.2) is 5.83 Å². The second-order valence-electron chi connectivity index (χ2n) is 12.2. The molecule has 2 aromatic carbocycles. The predicted molar refractivity (Wildman–Crippen MR) is 177 cm³/mol. The van der Waals surface area contributed by atoms with Gasteiger partial charge in [-0.1, -0.05) is 46.8 Å². The Labute approximate surface area is 272 Å². The van der Waals surface area contributed by atoms with Crippen LogP contribution >= 0.6 is 15.9 Å². The summed E-state index contributed by atoms with van der Waals surface area (Å²) >= 11 is 3.78. The summed E-state index contributed by atoms with van der Waals surface area (Å²) in [5, 5.41) is 9.71. The van der Waals surface area contributed by atoms with E-state index in [0.29, 0.717) is 45.3 Å². The zero-order valence-electron chi connectivity index (χ0n) is 25.8. The number of halogens is 2. The smallest absolute Gasteiger partial charge is 0.318 e. The molecule has 3 fully saturated rings. The monoisotopic (exact) mass is 675 g/mol. The summed E-state index contributed by atoms with van der Waals surface area (Å²) in [7, 11) is 0. The molecule has 0 saturated carbocycles. The standard InChI is InChI=1S/C32H36BrFN6O2.C2H3N/c1-22(34)30(41)38-18-16-37(17-19-38)29-24-10-15-39(27-9-3-7-23-6-2-8-25(33)28(23)27)20-26(24)35-31(36-29)42-21-32-11-4-13-40(32)14-5-12-32;1-2-3/h2-3,6-9H,1,4-5,10-21H2;1H3. The highest BCUT2D eigenvalue weighted by molar-refractivity contribution is 9.10. The molecule has 4 aliphatic heterocycles. The van der Waals surface area contributed by atoms with Crippen LogP contribution in [-0.4, -0.2) is 83.6 Å². The van der Waals surface area contributed by atoms with Crippen molar-refractivity contribution in [3.05, 3.63) is 64.5 Å². The number of amides is 1. The largest absolute Gasteiger partial charge is 0.461 e. The van der Waals surface area contributed by atoms with Crippen LogP contribution in [0.4, 0.5) is 15.9 Å². The Morgan fingerprint density at radius 2 is 1.73 bits per heavy atom. The van der Waals surface area contributed by atoms with E-state index in [2.05, 4.69) is 73.6 Å². The van der Waals surface area contributed by atoms with E-state index in [1.54, 1.807) is 6.07 Å². The van der Waals surface area contributed by atoms with Crippen molar-refractivity contribution in [2.75, 3.05) is 62.2 Å². The van der Waals surface area contributed by atoms with E-state index in [0.717, 1.165) is 60.4 Å². The van der Waals surface area contributed by atoms with Crippen LogP contribution in [0.3, 0.4) is 0 Å². The third kappa shape index (κ3) is 6.23. The number of hydrogen-bond acceptors (Lipinski definition) is 8. The molecule has 45 heavy (non-hydrogen) atoms. The molecule has 1 aromatic heterocycles. The van der Waals surface area contributed by atoms with Gasteiger partial charge in [0.05, 0.1) is 23.8 Å². The van der Waals surface area contributed by atoms with Crippen LogP contribution in [0.1, 0.15) is 43.9 Å². The molecule has 1 amide bonds. The number of benzene rings is 2. The highest BCUT2D eigenvalue weighted by Crippen LogP contribution is 2.40. The molecule has 0 radical (unpaired) electrons. The normalized spacial score (nSPS) is 18.9. The van der Waals surface area contributed by atoms with Crippen LogP contribution in [0.5, 0.6) is 6.01 Å². The molecule has 236 valence electrons. The second kappa shape index (κ2) is 13.3. The lowest BCUT2D eigenvalue weighted by Crippen LogP contribution is -2.49. The van der Waals surface area contributed by atoms with Gasteiger partial charge >= 0.3 is 6.01 Å². The van der Waals surface area contributed by atoms with Gasteiger partial charge in [0.1, 0.15) is 12.4 Å². The van der Waals surface area contributed by atoms with E-state index >= 15 is 0 Å². The first-order chi connectivity index (χ1) is 21.8. The first-order valence-corrected chi connectivity index (χ1v) is 16.5. The number of aromatic nitrogens is 2. The summed E-state index contributed by atoms with van der Waals surface area (Å²) in [6.45, 7) is 11.0. The maximum absolute atomic E-state index is 13.5. The fourth-order valence-corrected chi connectivity index (χ4v) is 8.00. The second-order valence-corrected chi connectivity index (χ2v) is 13.0. The van der Waals surface area contributed by atoms with Crippen molar-refractivity contribution in [2.45, 2.75) is 51.1 Å². The number of ether oxygens (including phenoxy) is 1. The molecular formula is C34H39BrFN7O2. The molecule has 0 bridgehead atoms. The molecule has 0 N–H and O–H groups in total. The van der Waals surface area contributed by atoms with Crippen molar-refractivity contribution >= 4 is 44.1 Å². The van der Waals surface area contributed by atoms with Crippen molar-refractivity contribution in [3.63, 3.8) is 0 Å². The highest BCUT2D eigenvalue weighted by Gasteiger charge is 2.45. The number of hydrogen-bond donors (Lipinski definition) is 0. The molecule has 7 rings (SSSR count). The molecule has 3 saturated heterocycles. The van der Waals surface area contributed by atoms with Crippen LogP contribution in [-0.2, 0) is 17.8 Å². The number of rotatable bonds is 6. The Balaban J connectivity index is 0.00000115. The van der Waals surface area contributed by atoms with Gasteiger partial charge in [-0.2, -0.15) is 15.2 Å². The molecule has 4 aliphatic rings. The molecular weight excluding hydrogens is 637 g/mol. The average molecular weight is 677 g/mol. The van der Waals surface area contributed by atoms with Gasteiger partial charge in [-0.25, -0.2) is 4.39 Å². The first kappa shape index (κ1) is 31.2. The van der Waals surface area contributed by atoms with E-state index in [4.69, 9.17) is 20.0 Å². The van der Waals surface area contributed by atoms with E-state index in [-0.39, 0.29) is 5.54 Å². The van der Waals surface area contributed by atoms with Crippen LogP contribution < -0.4 is 14.5 Å². The fraction of sp³-hybridized carbons (Fsp3) is 0.471. The van der Waals surface area contributed by atoms with Gasteiger partial charge in [0.25, 0.3) is 5.91 Å². The summed E-state index contributed by atoms with van der Waals surface area (Å²) in [5.41, 5.74) is 3.39. The van der Waals surface area contributed by atoms with Crippen molar-refractivity contribution in [1.29, 1.82) is 5.26 Å². The Morgan fingerprint density at radius 3 is 2.42 bits per heavy atom. The van der Waals surface area contributed by atoms with E-state index in [9.17, 15) is 9.18 Å². The molecule has 0 aliphatic carbocycles. The van der Waals surface area contributed by atoms with E-state index in [1.807, 2.05) is 0 Å². The molecule has 0 unspecified atom stereocenters. The topological polar surface area (TPSA) is 88.8 Å². The van der Waals surface area contributed by atoms with Crippen LogP contribution in [0, 0.1) is 11.3 Å². The third-order valence-electron chi connectivity index (χ3n) is 9.57. The molecule has 11 heteroatoms. The Hall–Kier alpha value is -3.75. The minimum atomic E-state index is -0.911. The number of fused-ring (bicyclic) bond motifs is 3.